The molecule has 1 atom stereocenters. The van der Waals surface area contributed by atoms with Crippen molar-refractivity contribution < 1.29 is 14.3 Å². The molecule has 1 fully saturated rings. The molecule has 1 aliphatic rings. The van der Waals surface area contributed by atoms with Crippen LogP contribution in [0, 0.1) is 0 Å². The van der Waals surface area contributed by atoms with E-state index >= 15 is 0 Å². The van der Waals surface area contributed by atoms with E-state index in [1.807, 2.05) is 23.2 Å². The number of nitrogens with two attached hydrogens (primary N) is 1. The molecule has 202 valence electrons. The first kappa shape index (κ1) is 26.5. The number of likely N-dealkylation sites (tertiary alicyclic amines) is 1. The van der Waals surface area contributed by atoms with Gasteiger partial charge in [-0.05, 0) is 50.8 Å². The number of hydrogen-bond donors (Lipinski definition) is 1. The number of carbonyl (C=O) groups is 2. The third-order valence-electron chi connectivity index (χ3n) is 7.66. The number of fused-ring (bicyclic) bond motifs is 1. The highest BCUT2D eigenvalue weighted by Crippen LogP contribution is 2.35. The smallest absolute Gasteiger partial charge is 0.251 e. The number of piperidine rings is 1. The predicted octanol–water partition coefficient (Wildman–Crippen LogP) is 4.55. The summed E-state index contributed by atoms with van der Waals surface area (Å²) in [5, 5.41) is 4.47. The number of nitrogen functional groups attached to an aromatic ring is 1. The maximum Gasteiger partial charge on any atom is 0.251 e. The van der Waals surface area contributed by atoms with Crippen LogP contribution in [0.5, 0.6) is 0 Å². The van der Waals surface area contributed by atoms with Gasteiger partial charge >= 0.3 is 0 Å². The average molecular weight is 527 g/mol. The van der Waals surface area contributed by atoms with Gasteiger partial charge in [-0.3, -0.25) is 14.6 Å². The van der Waals surface area contributed by atoms with Crippen LogP contribution in [0.3, 0.4) is 0 Å². The summed E-state index contributed by atoms with van der Waals surface area (Å²) in [5.41, 5.74) is 13.1. The summed E-state index contributed by atoms with van der Waals surface area (Å²) < 4.78 is 6.74. The zero-order chi connectivity index (χ0) is 27.7. The number of ketones is 1. The van der Waals surface area contributed by atoms with Gasteiger partial charge in [-0.2, -0.15) is 9.61 Å². The number of nitrogens with zero attached hydrogens (tertiary/aromatic N) is 5. The summed E-state index contributed by atoms with van der Waals surface area (Å²) in [4.78, 5) is 36.8. The van der Waals surface area contributed by atoms with Crippen molar-refractivity contribution in [1.82, 2.24) is 24.5 Å². The number of ether oxygens (including phenoxy) is 1. The highest BCUT2D eigenvalue weighted by Gasteiger charge is 2.31. The largest absolute Gasteiger partial charge is 0.383 e. The Morgan fingerprint density at radius 2 is 1.90 bits per heavy atom. The van der Waals surface area contributed by atoms with E-state index in [0.29, 0.717) is 42.8 Å². The Hall–Kier alpha value is -4.11. The van der Waals surface area contributed by atoms with E-state index in [9.17, 15) is 9.59 Å². The van der Waals surface area contributed by atoms with Gasteiger partial charge in [-0.25, -0.2) is 4.98 Å². The lowest BCUT2D eigenvalue weighted by molar-refractivity contribution is -0.142. The van der Waals surface area contributed by atoms with Crippen LogP contribution in [-0.2, 0) is 16.0 Å². The Morgan fingerprint density at radius 3 is 2.54 bits per heavy atom. The number of methoxy groups -OCH3 is 1. The Balaban J connectivity index is 1.49. The Kier molecular flexibility index (Phi) is 7.43. The number of amides is 1. The van der Waals surface area contributed by atoms with E-state index in [2.05, 4.69) is 36.3 Å². The second kappa shape index (κ2) is 10.9. The van der Waals surface area contributed by atoms with Gasteiger partial charge in [0.25, 0.3) is 5.91 Å². The molecule has 5 rings (SSSR count). The lowest BCUT2D eigenvalue weighted by atomic mass is 9.89. The van der Waals surface area contributed by atoms with E-state index in [0.717, 1.165) is 28.8 Å². The highest BCUT2D eigenvalue weighted by atomic mass is 16.5. The molecule has 2 N–H and O–H groups in total. The highest BCUT2D eigenvalue weighted by molar-refractivity contribution is 6.00. The molecule has 4 aromatic rings. The van der Waals surface area contributed by atoms with Gasteiger partial charge in [-0.15, -0.1) is 0 Å². The Labute approximate surface area is 228 Å². The molecule has 1 aromatic carbocycles. The lowest BCUT2D eigenvalue weighted by Gasteiger charge is -2.33. The molecular formula is C30H34N6O3. The number of aryl methyl sites for hydroxylation is 1. The van der Waals surface area contributed by atoms with Gasteiger partial charge in [0.1, 0.15) is 11.9 Å². The van der Waals surface area contributed by atoms with E-state index in [-0.39, 0.29) is 23.4 Å². The summed E-state index contributed by atoms with van der Waals surface area (Å²) in [7, 11) is 1.53. The zero-order valence-corrected chi connectivity index (χ0v) is 22.8. The van der Waals surface area contributed by atoms with Crippen molar-refractivity contribution in [2.24, 2.45) is 0 Å². The molecule has 0 spiro atoms. The van der Waals surface area contributed by atoms with E-state index in [4.69, 9.17) is 20.4 Å². The van der Waals surface area contributed by atoms with Crippen LogP contribution in [0.1, 0.15) is 61.1 Å². The first-order valence-electron chi connectivity index (χ1n) is 13.4. The fourth-order valence-corrected chi connectivity index (χ4v) is 5.30. The molecule has 0 unspecified atom stereocenters. The number of aromatic nitrogens is 4. The molecule has 1 amide bonds. The van der Waals surface area contributed by atoms with Gasteiger partial charge in [0, 0.05) is 49.0 Å². The zero-order valence-electron chi connectivity index (χ0n) is 22.8. The second-order valence-corrected chi connectivity index (χ2v) is 10.1. The normalized spacial score (nSPS) is 15.0. The van der Waals surface area contributed by atoms with E-state index in [1.165, 1.54) is 24.1 Å². The van der Waals surface area contributed by atoms with Crippen molar-refractivity contribution in [3.63, 3.8) is 0 Å². The molecule has 4 heterocycles. The second-order valence-electron chi connectivity index (χ2n) is 10.1. The number of Topliss-reactive ketones (excluding diaryl/α,β-unsaturated/α-hetero) is 1. The quantitative estimate of drug-likeness (QED) is 0.351. The molecule has 1 aliphatic heterocycles. The molecule has 0 radical (unpaired) electrons. The predicted molar refractivity (Wildman–Crippen MR) is 150 cm³/mol. The van der Waals surface area contributed by atoms with Crippen molar-refractivity contribution in [2.45, 2.75) is 52.1 Å². The van der Waals surface area contributed by atoms with Crippen LogP contribution < -0.4 is 5.73 Å². The van der Waals surface area contributed by atoms with E-state index in [1.54, 1.807) is 13.1 Å². The van der Waals surface area contributed by atoms with Crippen LogP contribution in [0.4, 0.5) is 5.82 Å². The maximum atomic E-state index is 12.7. The van der Waals surface area contributed by atoms with Crippen molar-refractivity contribution in [2.75, 3.05) is 25.9 Å². The summed E-state index contributed by atoms with van der Waals surface area (Å²) in [6.45, 7) is 6.53. The van der Waals surface area contributed by atoms with Gasteiger partial charge < -0.3 is 15.4 Å². The van der Waals surface area contributed by atoms with Crippen LogP contribution in [0.15, 0.2) is 48.8 Å². The summed E-state index contributed by atoms with van der Waals surface area (Å²) in [5.74, 6) is 0.0929. The van der Waals surface area contributed by atoms with Crippen molar-refractivity contribution in [3.05, 3.63) is 65.6 Å². The fraction of sp³-hybridized carbons (Fsp3) is 0.367. The van der Waals surface area contributed by atoms with Crippen molar-refractivity contribution in [1.29, 1.82) is 0 Å². The van der Waals surface area contributed by atoms with Crippen LogP contribution >= 0.6 is 0 Å². The molecule has 3 aromatic heterocycles. The molecule has 0 saturated carbocycles. The van der Waals surface area contributed by atoms with Crippen LogP contribution in [0.25, 0.3) is 28.0 Å². The molecule has 39 heavy (non-hydrogen) atoms. The van der Waals surface area contributed by atoms with Crippen molar-refractivity contribution >= 4 is 23.2 Å². The first-order chi connectivity index (χ1) is 18.8. The number of benzene rings is 1. The third kappa shape index (κ3) is 5.02. The Bertz CT molecular complexity index is 1520. The number of anilines is 1. The van der Waals surface area contributed by atoms with Crippen LogP contribution in [-0.4, -0.2) is 62.5 Å². The molecular weight excluding hydrogens is 492 g/mol. The summed E-state index contributed by atoms with van der Waals surface area (Å²) in [6.07, 6.45) is 5.39. The monoisotopic (exact) mass is 526 g/mol. The van der Waals surface area contributed by atoms with E-state index < -0.39 is 6.10 Å². The lowest BCUT2D eigenvalue weighted by Crippen LogP contribution is -2.43. The van der Waals surface area contributed by atoms with Crippen molar-refractivity contribution in [3.8, 4) is 22.4 Å². The minimum Gasteiger partial charge on any atom is -0.383 e. The molecule has 0 bridgehead atoms. The third-order valence-corrected chi connectivity index (χ3v) is 7.66. The molecule has 1 saturated heterocycles. The fourth-order valence-electron chi connectivity index (χ4n) is 5.30. The number of pyridine rings is 1. The minimum atomic E-state index is -0.482. The molecule has 9 heteroatoms. The summed E-state index contributed by atoms with van der Waals surface area (Å²) in [6, 6.07) is 12.4. The van der Waals surface area contributed by atoms with Gasteiger partial charge in [0.05, 0.1) is 23.1 Å². The number of carbonyl (C=O) groups excluding carboxylic acids is 2. The maximum absolute atomic E-state index is 12.7. The standard InChI is InChI=1S/C30H34N6O3/c1-5-20-7-6-8-22(15-20)25-10-9-23(16-32-25)24-17-33-36-28(31)26(18(2)37)27(34-29(24)36)21-11-13-35(14-12-21)30(38)19(3)39-4/h6-10,15-17,19,21H,5,11-14,31H2,1-4H3/t19-/m1/s1. The number of hydrogen-bond acceptors (Lipinski definition) is 7. The van der Waals surface area contributed by atoms with Gasteiger partial charge in [0.15, 0.2) is 11.4 Å². The van der Waals surface area contributed by atoms with Gasteiger partial charge in [0.2, 0.25) is 0 Å². The topological polar surface area (TPSA) is 116 Å². The Morgan fingerprint density at radius 1 is 1.13 bits per heavy atom. The SMILES string of the molecule is CCc1cccc(-c2ccc(-c3cnn4c(N)c(C(C)=O)c(C5CCN(C(=O)[C@@H](C)OC)CC5)nc34)cn2)c1. The molecule has 0 aliphatic carbocycles. The minimum absolute atomic E-state index is 0.00723. The number of rotatable bonds is 7. The summed E-state index contributed by atoms with van der Waals surface area (Å²) >= 11 is 0. The van der Waals surface area contributed by atoms with Crippen LogP contribution in [0.2, 0.25) is 0 Å². The first-order valence-corrected chi connectivity index (χ1v) is 13.4. The average Bonchev–Trinajstić information content (AvgIpc) is 3.40. The van der Waals surface area contributed by atoms with Gasteiger partial charge in [-0.1, -0.05) is 31.2 Å². The molecule has 9 nitrogen and oxygen atoms in total.